The Hall–Kier alpha value is -1.60. The summed E-state index contributed by atoms with van der Waals surface area (Å²) in [4.78, 5) is 4.22. The minimum absolute atomic E-state index is 0.468. The van der Waals surface area contributed by atoms with Gasteiger partial charge in [-0.15, -0.1) is 0 Å². The Morgan fingerprint density at radius 1 is 1.40 bits per heavy atom. The average molecular weight is 273 g/mol. The van der Waals surface area contributed by atoms with Gasteiger partial charge < -0.3 is 10.1 Å². The van der Waals surface area contributed by atoms with E-state index in [-0.39, 0.29) is 0 Å². The van der Waals surface area contributed by atoms with E-state index in [1.165, 1.54) is 32.1 Å². The van der Waals surface area contributed by atoms with Gasteiger partial charge in [-0.25, -0.2) is 4.98 Å². The van der Waals surface area contributed by atoms with E-state index in [9.17, 15) is 0 Å². The Morgan fingerprint density at radius 2 is 2.20 bits per heavy atom. The fraction of sp³-hybridized carbons (Fsp3) is 0.625. The molecular weight excluding hydrogens is 250 g/mol. The fourth-order valence-electron chi connectivity index (χ4n) is 2.59. The van der Waals surface area contributed by atoms with E-state index in [1.807, 2.05) is 13.0 Å². The molecule has 2 rings (SSSR count). The van der Waals surface area contributed by atoms with Crippen LogP contribution in [0.5, 0.6) is 0 Å². The lowest BCUT2D eigenvalue weighted by atomic mass is 9.98. The molecule has 4 nitrogen and oxygen atoms in total. The van der Waals surface area contributed by atoms with Crippen molar-refractivity contribution in [2.75, 3.05) is 18.5 Å². The number of aryl methyl sites for hydroxylation is 1. The molecule has 1 heterocycles. The van der Waals surface area contributed by atoms with Crippen LogP contribution in [0.3, 0.4) is 0 Å². The topological polar surface area (TPSA) is 57.9 Å². The van der Waals surface area contributed by atoms with E-state index < -0.39 is 0 Å². The summed E-state index contributed by atoms with van der Waals surface area (Å²) in [6.45, 7) is 3.50. The summed E-state index contributed by atoms with van der Waals surface area (Å²) in [7, 11) is 0. The Balaban J connectivity index is 1.68. The van der Waals surface area contributed by atoms with E-state index in [1.54, 1.807) is 6.20 Å². The second kappa shape index (κ2) is 7.86. The summed E-state index contributed by atoms with van der Waals surface area (Å²) in [5, 5.41) is 12.3. The third-order valence-corrected chi connectivity index (χ3v) is 3.79. The molecule has 1 saturated carbocycles. The quantitative estimate of drug-likeness (QED) is 0.807. The molecule has 0 spiro atoms. The van der Waals surface area contributed by atoms with Gasteiger partial charge in [0.05, 0.1) is 11.7 Å². The van der Waals surface area contributed by atoms with E-state index in [2.05, 4.69) is 16.4 Å². The van der Waals surface area contributed by atoms with Gasteiger partial charge in [-0.05, 0) is 37.8 Å². The molecule has 0 unspecified atom stereocenters. The highest BCUT2D eigenvalue weighted by Crippen LogP contribution is 2.20. The van der Waals surface area contributed by atoms with Gasteiger partial charge in [-0.1, -0.05) is 19.3 Å². The zero-order chi connectivity index (χ0) is 14.2. The van der Waals surface area contributed by atoms with Crippen LogP contribution >= 0.6 is 0 Å². The van der Waals surface area contributed by atoms with Crippen molar-refractivity contribution >= 4 is 5.82 Å². The summed E-state index contributed by atoms with van der Waals surface area (Å²) in [5.41, 5.74) is 1.60. The van der Waals surface area contributed by atoms with Gasteiger partial charge in [0.1, 0.15) is 11.9 Å². The maximum Gasteiger partial charge on any atom is 0.144 e. The number of hydrogen-bond donors (Lipinski definition) is 1. The van der Waals surface area contributed by atoms with Crippen molar-refractivity contribution in [3.05, 3.63) is 23.4 Å². The second-order valence-electron chi connectivity index (χ2n) is 5.37. The number of aromatic nitrogens is 1. The van der Waals surface area contributed by atoms with E-state index in [4.69, 9.17) is 10.00 Å². The molecule has 0 saturated heterocycles. The zero-order valence-electron chi connectivity index (χ0n) is 12.2. The maximum atomic E-state index is 9.12. The van der Waals surface area contributed by atoms with Gasteiger partial charge in [0.25, 0.3) is 0 Å². The van der Waals surface area contributed by atoms with Crippen molar-refractivity contribution in [2.45, 2.75) is 51.6 Å². The summed E-state index contributed by atoms with van der Waals surface area (Å²) < 4.78 is 5.88. The van der Waals surface area contributed by atoms with Crippen LogP contribution in [0, 0.1) is 18.3 Å². The molecule has 1 aromatic rings. The van der Waals surface area contributed by atoms with Crippen LogP contribution in [0.15, 0.2) is 12.3 Å². The van der Waals surface area contributed by atoms with Crippen molar-refractivity contribution in [2.24, 2.45) is 0 Å². The standard InChI is InChI=1S/C16H23N3O/c1-13-8-10-19-16(15(13)12-17)18-9-5-11-20-14-6-3-2-4-7-14/h8,10,14H,2-7,9,11H2,1H3,(H,18,19). The van der Waals surface area contributed by atoms with Gasteiger partial charge in [0, 0.05) is 19.3 Å². The minimum atomic E-state index is 0.468. The second-order valence-corrected chi connectivity index (χ2v) is 5.37. The molecule has 1 aliphatic rings. The van der Waals surface area contributed by atoms with Crippen LogP contribution in [0.2, 0.25) is 0 Å². The molecule has 4 heteroatoms. The average Bonchev–Trinajstić information content (AvgIpc) is 2.48. The molecule has 0 aliphatic heterocycles. The molecule has 0 atom stereocenters. The van der Waals surface area contributed by atoms with Crippen LogP contribution in [0.25, 0.3) is 0 Å². The molecule has 1 aromatic heterocycles. The van der Waals surface area contributed by atoms with Crippen molar-refractivity contribution in [1.82, 2.24) is 4.98 Å². The zero-order valence-corrected chi connectivity index (χ0v) is 12.2. The van der Waals surface area contributed by atoms with E-state index in [0.29, 0.717) is 17.5 Å². The highest BCUT2D eigenvalue weighted by atomic mass is 16.5. The van der Waals surface area contributed by atoms with Crippen LogP contribution in [0.1, 0.15) is 49.7 Å². The van der Waals surface area contributed by atoms with Crippen molar-refractivity contribution < 1.29 is 4.74 Å². The first kappa shape index (κ1) is 14.8. The first-order chi connectivity index (χ1) is 9.81. The normalized spacial score (nSPS) is 15.8. The first-order valence-corrected chi connectivity index (χ1v) is 7.52. The lowest BCUT2D eigenvalue weighted by molar-refractivity contribution is 0.0284. The highest BCUT2D eigenvalue weighted by molar-refractivity contribution is 5.55. The molecule has 1 N–H and O–H groups in total. The summed E-state index contributed by atoms with van der Waals surface area (Å²) in [6, 6.07) is 4.06. The highest BCUT2D eigenvalue weighted by Gasteiger charge is 2.13. The van der Waals surface area contributed by atoms with Crippen LogP contribution in [-0.2, 0) is 4.74 Å². The van der Waals surface area contributed by atoms with Gasteiger partial charge in [-0.2, -0.15) is 5.26 Å². The van der Waals surface area contributed by atoms with Crippen molar-refractivity contribution in [1.29, 1.82) is 5.26 Å². The Labute approximate surface area is 121 Å². The Bertz CT molecular complexity index is 461. The molecule has 1 aliphatic carbocycles. The number of nitriles is 1. The van der Waals surface area contributed by atoms with Gasteiger partial charge in [0.2, 0.25) is 0 Å². The maximum absolute atomic E-state index is 9.12. The van der Waals surface area contributed by atoms with E-state index >= 15 is 0 Å². The summed E-state index contributed by atoms with van der Waals surface area (Å²) in [6.07, 6.45) is 9.54. The third-order valence-electron chi connectivity index (χ3n) is 3.79. The fourth-order valence-corrected chi connectivity index (χ4v) is 2.59. The third kappa shape index (κ3) is 4.21. The summed E-state index contributed by atoms with van der Waals surface area (Å²) in [5.74, 6) is 0.685. The number of anilines is 1. The predicted molar refractivity (Wildman–Crippen MR) is 79.6 cm³/mol. The Kier molecular flexibility index (Phi) is 5.82. The van der Waals surface area contributed by atoms with Crippen molar-refractivity contribution in [3.63, 3.8) is 0 Å². The number of hydrogen-bond acceptors (Lipinski definition) is 4. The molecule has 108 valence electrons. The lowest BCUT2D eigenvalue weighted by Gasteiger charge is -2.22. The van der Waals surface area contributed by atoms with Crippen LogP contribution < -0.4 is 5.32 Å². The lowest BCUT2D eigenvalue weighted by Crippen LogP contribution is -2.18. The molecule has 0 amide bonds. The van der Waals surface area contributed by atoms with Gasteiger partial charge >= 0.3 is 0 Å². The minimum Gasteiger partial charge on any atom is -0.378 e. The number of nitrogens with zero attached hydrogens (tertiary/aromatic N) is 2. The molecular formula is C16H23N3O. The van der Waals surface area contributed by atoms with Crippen molar-refractivity contribution in [3.8, 4) is 6.07 Å². The first-order valence-electron chi connectivity index (χ1n) is 7.52. The van der Waals surface area contributed by atoms with E-state index in [0.717, 1.165) is 25.1 Å². The van der Waals surface area contributed by atoms with Gasteiger partial charge in [-0.3, -0.25) is 0 Å². The smallest absolute Gasteiger partial charge is 0.144 e. The SMILES string of the molecule is Cc1ccnc(NCCCOC2CCCCC2)c1C#N. The van der Waals surface area contributed by atoms with Gasteiger partial charge in [0.15, 0.2) is 0 Å². The predicted octanol–water partition coefficient (Wildman–Crippen LogP) is 3.41. The molecule has 0 radical (unpaired) electrons. The number of pyridine rings is 1. The monoisotopic (exact) mass is 273 g/mol. The molecule has 0 aromatic carbocycles. The molecule has 1 fully saturated rings. The molecule has 0 bridgehead atoms. The van der Waals surface area contributed by atoms with Crippen LogP contribution in [-0.4, -0.2) is 24.2 Å². The number of ether oxygens (including phenoxy) is 1. The number of nitrogens with one attached hydrogen (secondary N) is 1. The molecule has 20 heavy (non-hydrogen) atoms. The Morgan fingerprint density at radius 3 is 2.95 bits per heavy atom. The van der Waals surface area contributed by atoms with Crippen LogP contribution in [0.4, 0.5) is 5.82 Å². The summed E-state index contributed by atoms with van der Waals surface area (Å²) >= 11 is 0. The number of rotatable bonds is 6. The largest absolute Gasteiger partial charge is 0.378 e.